The molecule has 1 amide bonds. The molecule has 8 heteroatoms. The van der Waals surface area contributed by atoms with E-state index in [1.54, 1.807) is 45.0 Å². The molecular formula is C21H26N4O4. The van der Waals surface area contributed by atoms with E-state index in [9.17, 15) is 9.59 Å². The molecule has 0 aliphatic rings. The lowest BCUT2D eigenvalue weighted by Crippen LogP contribution is -2.46. The lowest BCUT2D eigenvalue weighted by Gasteiger charge is -2.23. The lowest BCUT2D eigenvalue weighted by molar-refractivity contribution is -0.136. The van der Waals surface area contributed by atoms with Crippen molar-refractivity contribution in [3.05, 3.63) is 60.2 Å². The predicted molar refractivity (Wildman–Crippen MR) is 111 cm³/mol. The molecule has 0 saturated carbocycles. The number of carbonyl (C=O) groups excluding carboxylic acids is 2. The Balaban J connectivity index is 2.12. The van der Waals surface area contributed by atoms with Crippen molar-refractivity contribution in [1.29, 1.82) is 0 Å². The molecule has 0 spiro atoms. The Kier molecular flexibility index (Phi) is 7.19. The standard InChI is InChI=1S/C21H26N4O4/c1-21(2,3)29-20(27)25-17(13-14-7-5-4-6-8-14)18(26)28-16-11-9-15(10-12-16)24-19(22)23/h4-12,17H,13H2,1-3H3,(H,25,27)(H4,22,23,24)/t17-/m0/s1. The van der Waals surface area contributed by atoms with Gasteiger partial charge in [-0.15, -0.1) is 0 Å². The van der Waals surface area contributed by atoms with E-state index in [2.05, 4.69) is 10.3 Å². The third-order valence-electron chi connectivity index (χ3n) is 3.57. The number of nitrogens with zero attached hydrogens (tertiary/aromatic N) is 1. The van der Waals surface area contributed by atoms with Gasteiger partial charge in [-0.25, -0.2) is 14.6 Å². The Morgan fingerprint density at radius 2 is 1.66 bits per heavy atom. The van der Waals surface area contributed by atoms with Gasteiger partial charge < -0.3 is 26.3 Å². The van der Waals surface area contributed by atoms with Crippen LogP contribution in [-0.4, -0.2) is 29.7 Å². The normalized spacial score (nSPS) is 11.8. The van der Waals surface area contributed by atoms with Gasteiger partial charge in [-0.3, -0.25) is 0 Å². The molecule has 154 valence electrons. The van der Waals surface area contributed by atoms with Crippen LogP contribution in [0.25, 0.3) is 0 Å². The Labute approximate surface area is 169 Å². The van der Waals surface area contributed by atoms with Crippen molar-refractivity contribution in [3.8, 4) is 5.75 Å². The molecule has 0 aliphatic heterocycles. The van der Waals surface area contributed by atoms with Gasteiger partial charge in [-0.1, -0.05) is 30.3 Å². The zero-order valence-corrected chi connectivity index (χ0v) is 16.7. The third-order valence-corrected chi connectivity index (χ3v) is 3.57. The molecular weight excluding hydrogens is 372 g/mol. The van der Waals surface area contributed by atoms with Gasteiger partial charge in [0.15, 0.2) is 5.96 Å². The number of hydrogen-bond acceptors (Lipinski definition) is 5. The lowest BCUT2D eigenvalue weighted by atomic mass is 10.1. The largest absolute Gasteiger partial charge is 0.444 e. The van der Waals surface area contributed by atoms with Crippen molar-refractivity contribution in [3.63, 3.8) is 0 Å². The number of amides is 1. The summed E-state index contributed by atoms with van der Waals surface area (Å²) in [4.78, 5) is 28.8. The van der Waals surface area contributed by atoms with Gasteiger partial charge >= 0.3 is 12.1 Å². The van der Waals surface area contributed by atoms with Crippen LogP contribution in [0.5, 0.6) is 5.75 Å². The second kappa shape index (κ2) is 9.59. The fraction of sp³-hybridized carbons (Fsp3) is 0.286. The van der Waals surface area contributed by atoms with Crippen molar-refractivity contribution in [2.75, 3.05) is 0 Å². The third kappa shape index (κ3) is 7.92. The maximum atomic E-state index is 12.7. The average molecular weight is 398 g/mol. The fourth-order valence-electron chi connectivity index (χ4n) is 2.42. The quantitative estimate of drug-likeness (QED) is 0.297. The van der Waals surface area contributed by atoms with Crippen LogP contribution in [-0.2, 0) is 16.0 Å². The van der Waals surface area contributed by atoms with Crippen LogP contribution in [0.15, 0.2) is 59.6 Å². The summed E-state index contributed by atoms with van der Waals surface area (Å²) in [5.41, 5.74) is 11.4. The van der Waals surface area contributed by atoms with Crippen LogP contribution in [0.2, 0.25) is 0 Å². The predicted octanol–water partition coefficient (Wildman–Crippen LogP) is 2.63. The summed E-state index contributed by atoms with van der Waals surface area (Å²) in [5, 5.41) is 2.59. The molecule has 0 radical (unpaired) electrons. The first-order chi connectivity index (χ1) is 13.6. The van der Waals surface area contributed by atoms with E-state index >= 15 is 0 Å². The summed E-state index contributed by atoms with van der Waals surface area (Å²) in [7, 11) is 0. The fourth-order valence-corrected chi connectivity index (χ4v) is 2.42. The summed E-state index contributed by atoms with van der Waals surface area (Å²) in [6.07, 6.45) is -0.441. The number of esters is 1. The topological polar surface area (TPSA) is 129 Å². The molecule has 2 rings (SSSR count). The first-order valence-corrected chi connectivity index (χ1v) is 9.07. The number of hydrogen-bond donors (Lipinski definition) is 3. The number of alkyl carbamates (subject to hydrolysis) is 1. The van der Waals surface area contributed by atoms with Crippen molar-refractivity contribution >= 4 is 23.7 Å². The number of nitrogens with two attached hydrogens (primary N) is 2. The number of nitrogens with one attached hydrogen (secondary N) is 1. The molecule has 5 N–H and O–H groups in total. The number of benzene rings is 2. The van der Waals surface area contributed by atoms with E-state index in [0.717, 1.165) is 5.56 Å². The highest BCUT2D eigenvalue weighted by Gasteiger charge is 2.26. The Morgan fingerprint density at radius 1 is 1.03 bits per heavy atom. The van der Waals surface area contributed by atoms with Crippen molar-refractivity contribution in [1.82, 2.24) is 5.32 Å². The molecule has 8 nitrogen and oxygen atoms in total. The molecule has 2 aromatic rings. The zero-order valence-electron chi connectivity index (χ0n) is 16.7. The van der Waals surface area contributed by atoms with E-state index < -0.39 is 23.7 Å². The van der Waals surface area contributed by atoms with E-state index in [4.69, 9.17) is 20.9 Å². The van der Waals surface area contributed by atoms with E-state index in [1.165, 1.54) is 0 Å². The van der Waals surface area contributed by atoms with Crippen LogP contribution in [0.3, 0.4) is 0 Å². The van der Waals surface area contributed by atoms with Gasteiger partial charge in [0.2, 0.25) is 0 Å². The number of aliphatic imine (C=N–C) groups is 1. The monoisotopic (exact) mass is 398 g/mol. The highest BCUT2D eigenvalue weighted by Crippen LogP contribution is 2.19. The van der Waals surface area contributed by atoms with Crippen LogP contribution in [0, 0.1) is 0 Å². The van der Waals surface area contributed by atoms with Crippen molar-refractivity contribution < 1.29 is 19.1 Å². The average Bonchev–Trinajstić information content (AvgIpc) is 2.61. The van der Waals surface area contributed by atoms with E-state index in [1.807, 2.05) is 30.3 Å². The maximum Gasteiger partial charge on any atom is 0.408 e. The molecule has 0 saturated heterocycles. The van der Waals surface area contributed by atoms with Crippen LogP contribution >= 0.6 is 0 Å². The van der Waals surface area contributed by atoms with Crippen molar-refractivity contribution in [2.24, 2.45) is 16.5 Å². The second-order valence-electron chi connectivity index (χ2n) is 7.34. The van der Waals surface area contributed by atoms with Crippen LogP contribution in [0.1, 0.15) is 26.3 Å². The van der Waals surface area contributed by atoms with Gasteiger partial charge in [0, 0.05) is 6.42 Å². The molecule has 0 aliphatic carbocycles. The van der Waals surface area contributed by atoms with Gasteiger partial charge in [0.1, 0.15) is 17.4 Å². The van der Waals surface area contributed by atoms with Gasteiger partial charge in [-0.05, 0) is 50.6 Å². The molecule has 29 heavy (non-hydrogen) atoms. The molecule has 0 heterocycles. The molecule has 0 unspecified atom stereocenters. The van der Waals surface area contributed by atoms with Crippen LogP contribution < -0.4 is 21.5 Å². The SMILES string of the molecule is CC(C)(C)OC(=O)N[C@@H](Cc1ccccc1)C(=O)Oc1ccc(N=C(N)N)cc1. The Bertz CT molecular complexity index is 854. The number of guanidine groups is 1. The summed E-state index contributed by atoms with van der Waals surface area (Å²) in [5.74, 6) is -0.387. The first kappa shape index (κ1) is 21.7. The molecule has 2 aromatic carbocycles. The van der Waals surface area contributed by atoms with Crippen LogP contribution in [0.4, 0.5) is 10.5 Å². The highest BCUT2D eigenvalue weighted by molar-refractivity contribution is 5.83. The van der Waals surface area contributed by atoms with E-state index in [0.29, 0.717) is 11.4 Å². The molecule has 0 fully saturated rings. The molecule has 0 bridgehead atoms. The zero-order chi connectivity index (χ0) is 21.4. The maximum absolute atomic E-state index is 12.7. The van der Waals surface area contributed by atoms with Gasteiger partial charge in [0.25, 0.3) is 0 Å². The number of rotatable bonds is 6. The van der Waals surface area contributed by atoms with Gasteiger partial charge in [0.05, 0.1) is 5.69 Å². The number of carbonyl (C=O) groups is 2. The second-order valence-corrected chi connectivity index (χ2v) is 7.34. The summed E-state index contributed by atoms with van der Waals surface area (Å²) >= 11 is 0. The van der Waals surface area contributed by atoms with Crippen molar-refractivity contribution in [2.45, 2.75) is 38.8 Å². The summed E-state index contributed by atoms with van der Waals surface area (Å²) in [6, 6.07) is 14.7. The minimum absolute atomic E-state index is 0.0702. The summed E-state index contributed by atoms with van der Waals surface area (Å²) in [6.45, 7) is 5.24. The first-order valence-electron chi connectivity index (χ1n) is 9.07. The Morgan fingerprint density at radius 3 is 2.21 bits per heavy atom. The smallest absolute Gasteiger partial charge is 0.408 e. The Hall–Kier alpha value is -3.55. The van der Waals surface area contributed by atoms with E-state index in [-0.39, 0.29) is 12.4 Å². The minimum atomic E-state index is -0.926. The van der Waals surface area contributed by atoms with Gasteiger partial charge in [-0.2, -0.15) is 0 Å². The number of ether oxygens (including phenoxy) is 2. The summed E-state index contributed by atoms with van der Waals surface area (Å²) < 4.78 is 10.7. The molecule has 0 aromatic heterocycles. The minimum Gasteiger partial charge on any atom is -0.444 e. The highest BCUT2D eigenvalue weighted by atomic mass is 16.6. The molecule has 1 atom stereocenters.